The summed E-state index contributed by atoms with van der Waals surface area (Å²) in [6.07, 6.45) is 3.23. The van der Waals surface area contributed by atoms with Crippen LogP contribution < -0.4 is 15.4 Å². The summed E-state index contributed by atoms with van der Waals surface area (Å²) in [5.41, 5.74) is 2.44. The molecule has 2 aromatic heterocycles. The van der Waals surface area contributed by atoms with Crippen LogP contribution in [0, 0.1) is 0 Å². The minimum absolute atomic E-state index is 0.0872. The van der Waals surface area contributed by atoms with Crippen LogP contribution in [-0.4, -0.2) is 32.7 Å². The average Bonchev–Trinajstić information content (AvgIpc) is 3.17. The quantitative estimate of drug-likeness (QED) is 0.468. The van der Waals surface area contributed by atoms with E-state index in [0.29, 0.717) is 35.0 Å². The number of rotatable bonds is 6. The largest absolute Gasteiger partial charge is 0.504 e. The maximum Gasteiger partial charge on any atom is 0.261 e. The van der Waals surface area contributed by atoms with Crippen LogP contribution in [0.2, 0.25) is 0 Å². The van der Waals surface area contributed by atoms with Crippen LogP contribution in [0.25, 0.3) is 5.65 Å². The highest BCUT2D eigenvalue weighted by Gasteiger charge is 2.15. The van der Waals surface area contributed by atoms with Crippen molar-refractivity contribution < 1.29 is 14.6 Å². The van der Waals surface area contributed by atoms with Gasteiger partial charge in [-0.1, -0.05) is 24.3 Å². The smallest absolute Gasteiger partial charge is 0.261 e. The minimum Gasteiger partial charge on any atom is -0.504 e. The normalized spacial score (nSPS) is 10.7. The number of para-hydroxylation sites is 1. The van der Waals surface area contributed by atoms with E-state index in [1.54, 1.807) is 35.0 Å². The zero-order valence-electron chi connectivity index (χ0n) is 15.7. The van der Waals surface area contributed by atoms with Crippen molar-refractivity contribution in [3.8, 4) is 11.5 Å². The van der Waals surface area contributed by atoms with Gasteiger partial charge in [0.1, 0.15) is 11.4 Å². The van der Waals surface area contributed by atoms with Crippen LogP contribution in [0.3, 0.4) is 0 Å². The van der Waals surface area contributed by atoms with Crippen LogP contribution in [0.5, 0.6) is 11.5 Å². The van der Waals surface area contributed by atoms with Gasteiger partial charge in [-0.15, -0.1) is 0 Å². The molecule has 0 atom stereocenters. The number of phenols is 1. The van der Waals surface area contributed by atoms with Gasteiger partial charge in [-0.3, -0.25) is 4.79 Å². The maximum atomic E-state index is 12.6. The highest BCUT2D eigenvalue weighted by atomic mass is 16.5. The highest BCUT2D eigenvalue weighted by Crippen LogP contribution is 2.26. The molecule has 4 aromatic rings. The Bertz CT molecular complexity index is 1160. The Balaban J connectivity index is 1.53. The average molecular weight is 389 g/mol. The van der Waals surface area contributed by atoms with E-state index < -0.39 is 0 Å². The fraction of sp³-hybridized carbons (Fsp3) is 0.0952. The molecule has 0 aliphatic rings. The Morgan fingerprint density at radius 3 is 2.79 bits per heavy atom. The Labute approximate surface area is 166 Å². The summed E-state index contributed by atoms with van der Waals surface area (Å²) in [6, 6.07) is 16.1. The molecule has 8 nitrogen and oxygen atoms in total. The number of aromatic nitrogens is 3. The molecule has 0 aliphatic carbocycles. The lowest BCUT2D eigenvalue weighted by atomic mass is 10.2. The molecule has 0 saturated carbocycles. The third-order valence-electron chi connectivity index (χ3n) is 4.36. The molecule has 146 valence electrons. The summed E-state index contributed by atoms with van der Waals surface area (Å²) in [6.45, 7) is 0.472. The fourth-order valence-corrected chi connectivity index (χ4v) is 2.87. The van der Waals surface area contributed by atoms with Crippen LogP contribution in [0.4, 0.5) is 11.5 Å². The van der Waals surface area contributed by atoms with Gasteiger partial charge < -0.3 is 20.5 Å². The molecule has 8 heteroatoms. The van der Waals surface area contributed by atoms with E-state index in [2.05, 4.69) is 20.7 Å². The molecule has 29 heavy (non-hydrogen) atoms. The lowest BCUT2D eigenvalue weighted by Gasteiger charge is -2.09. The van der Waals surface area contributed by atoms with Crippen molar-refractivity contribution in [3.63, 3.8) is 0 Å². The van der Waals surface area contributed by atoms with E-state index in [1.165, 1.54) is 13.3 Å². The molecule has 0 bridgehead atoms. The molecule has 2 heterocycles. The van der Waals surface area contributed by atoms with Gasteiger partial charge in [-0.05, 0) is 35.9 Å². The van der Waals surface area contributed by atoms with E-state index in [-0.39, 0.29) is 11.7 Å². The third kappa shape index (κ3) is 3.96. The number of methoxy groups -OCH3 is 1. The first-order valence-electron chi connectivity index (χ1n) is 8.94. The van der Waals surface area contributed by atoms with Gasteiger partial charge in [0.2, 0.25) is 0 Å². The summed E-state index contributed by atoms with van der Waals surface area (Å²) >= 11 is 0. The number of carbonyl (C=O) groups excluding carboxylic acids is 1. The summed E-state index contributed by atoms with van der Waals surface area (Å²) < 4.78 is 6.68. The molecular formula is C21H19N5O3. The van der Waals surface area contributed by atoms with Gasteiger partial charge in [0.25, 0.3) is 5.91 Å². The van der Waals surface area contributed by atoms with Gasteiger partial charge in [-0.2, -0.15) is 5.10 Å². The van der Waals surface area contributed by atoms with E-state index in [0.717, 1.165) is 5.56 Å². The van der Waals surface area contributed by atoms with Crippen LogP contribution in [0.1, 0.15) is 15.9 Å². The number of hydrogen-bond acceptors (Lipinski definition) is 6. The van der Waals surface area contributed by atoms with Crippen LogP contribution >= 0.6 is 0 Å². The van der Waals surface area contributed by atoms with Gasteiger partial charge in [-0.25, -0.2) is 9.50 Å². The number of ether oxygens (including phenoxy) is 1. The van der Waals surface area contributed by atoms with E-state index in [4.69, 9.17) is 4.74 Å². The second-order valence-corrected chi connectivity index (χ2v) is 6.32. The number of aromatic hydroxyl groups is 1. The molecule has 0 unspecified atom stereocenters. The number of anilines is 2. The topological polar surface area (TPSA) is 101 Å². The lowest BCUT2D eigenvalue weighted by Crippen LogP contribution is -2.12. The second-order valence-electron chi connectivity index (χ2n) is 6.32. The number of amides is 1. The summed E-state index contributed by atoms with van der Waals surface area (Å²) in [5.74, 6) is 0.811. The number of fused-ring (bicyclic) bond motifs is 1. The number of carbonyl (C=O) groups is 1. The van der Waals surface area contributed by atoms with Gasteiger partial charge >= 0.3 is 0 Å². The van der Waals surface area contributed by atoms with Crippen molar-refractivity contribution in [2.24, 2.45) is 0 Å². The molecule has 0 fully saturated rings. The van der Waals surface area contributed by atoms with Crippen molar-refractivity contribution in [3.05, 3.63) is 78.1 Å². The van der Waals surface area contributed by atoms with Crippen molar-refractivity contribution in [1.82, 2.24) is 14.6 Å². The van der Waals surface area contributed by atoms with E-state index in [9.17, 15) is 9.90 Å². The van der Waals surface area contributed by atoms with E-state index >= 15 is 0 Å². The van der Waals surface area contributed by atoms with Gasteiger partial charge in [0.05, 0.1) is 13.3 Å². The molecular weight excluding hydrogens is 370 g/mol. The van der Waals surface area contributed by atoms with Crippen molar-refractivity contribution >= 4 is 23.1 Å². The molecule has 0 aliphatic heterocycles. The third-order valence-corrected chi connectivity index (χ3v) is 4.36. The first-order valence-corrected chi connectivity index (χ1v) is 8.94. The summed E-state index contributed by atoms with van der Waals surface area (Å²) in [7, 11) is 1.50. The van der Waals surface area contributed by atoms with Crippen LogP contribution in [-0.2, 0) is 6.54 Å². The molecule has 0 spiro atoms. The number of hydrogen-bond donors (Lipinski definition) is 3. The van der Waals surface area contributed by atoms with Crippen LogP contribution in [0.15, 0.2) is 67.0 Å². The van der Waals surface area contributed by atoms with E-state index in [1.807, 2.05) is 30.3 Å². The Kier molecular flexibility index (Phi) is 4.98. The molecule has 0 radical (unpaired) electrons. The first-order chi connectivity index (χ1) is 14.1. The lowest BCUT2D eigenvalue weighted by molar-refractivity contribution is 0.102. The maximum absolute atomic E-state index is 12.6. The molecule has 1 amide bonds. The summed E-state index contributed by atoms with van der Waals surface area (Å²) in [4.78, 5) is 17.1. The number of phenolic OH excluding ortho intramolecular Hbond substituents is 1. The van der Waals surface area contributed by atoms with Crippen molar-refractivity contribution in [2.45, 2.75) is 6.54 Å². The SMILES string of the molecule is COc1cc(CNc2ccn3ncc(C(=O)Nc4ccccc4)c3n2)ccc1O. The standard InChI is InChI=1S/C21H19N5O3/c1-29-18-11-14(7-8-17(18)27)12-22-19-9-10-26-20(25-19)16(13-23-26)21(28)24-15-5-3-2-4-6-15/h2-11,13,27H,12H2,1H3,(H,22,25)(H,24,28). The number of nitrogens with zero attached hydrogens (tertiary/aromatic N) is 3. The Morgan fingerprint density at radius 1 is 1.17 bits per heavy atom. The minimum atomic E-state index is -0.279. The first kappa shape index (κ1) is 18.3. The predicted octanol–water partition coefficient (Wildman–Crippen LogP) is 3.31. The Hall–Kier alpha value is -4.07. The molecule has 4 rings (SSSR count). The zero-order chi connectivity index (χ0) is 20.2. The number of benzene rings is 2. The van der Waals surface area contributed by atoms with Crippen molar-refractivity contribution in [1.29, 1.82) is 0 Å². The van der Waals surface area contributed by atoms with Gasteiger partial charge in [0, 0.05) is 18.4 Å². The monoisotopic (exact) mass is 389 g/mol. The predicted molar refractivity (Wildman–Crippen MR) is 109 cm³/mol. The Morgan fingerprint density at radius 2 is 2.00 bits per heavy atom. The highest BCUT2D eigenvalue weighted by molar-refractivity contribution is 6.08. The zero-order valence-corrected chi connectivity index (χ0v) is 15.7. The summed E-state index contributed by atoms with van der Waals surface area (Å²) in [5, 5.41) is 19.9. The molecule has 3 N–H and O–H groups in total. The van der Waals surface area contributed by atoms with Crippen molar-refractivity contribution in [2.75, 3.05) is 17.7 Å². The molecule has 2 aromatic carbocycles. The number of nitrogens with one attached hydrogen (secondary N) is 2. The fourth-order valence-electron chi connectivity index (χ4n) is 2.87. The second kappa shape index (κ2) is 7.89. The molecule has 0 saturated heterocycles. The van der Waals surface area contributed by atoms with Gasteiger partial charge in [0.15, 0.2) is 17.1 Å².